The van der Waals surface area contributed by atoms with Crippen LogP contribution >= 0.6 is 15.9 Å². The molecule has 0 fully saturated rings. The summed E-state index contributed by atoms with van der Waals surface area (Å²) in [5.74, 6) is 1.54. The molecule has 1 unspecified atom stereocenters. The SMILES string of the molecule is CCNCC1CCc2nc(-c3ccccc3Br)ncc2C1. The van der Waals surface area contributed by atoms with Crippen molar-refractivity contribution < 1.29 is 0 Å². The van der Waals surface area contributed by atoms with Gasteiger partial charge in [0, 0.05) is 21.9 Å². The molecule has 0 spiro atoms. The van der Waals surface area contributed by atoms with Gasteiger partial charge >= 0.3 is 0 Å². The Morgan fingerprint density at radius 3 is 3.00 bits per heavy atom. The van der Waals surface area contributed by atoms with E-state index in [-0.39, 0.29) is 0 Å². The van der Waals surface area contributed by atoms with Crippen molar-refractivity contribution in [3.05, 3.63) is 46.2 Å². The number of rotatable bonds is 4. The van der Waals surface area contributed by atoms with E-state index in [0.717, 1.165) is 47.7 Å². The second-order valence-corrected chi connectivity index (χ2v) is 6.42. The maximum Gasteiger partial charge on any atom is 0.160 e. The fourth-order valence-electron chi connectivity index (χ4n) is 2.88. The Balaban J connectivity index is 1.82. The van der Waals surface area contributed by atoms with Crippen LogP contribution in [0.1, 0.15) is 24.6 Å². The van der Waals surface area contributed by atoms with Crippen molar-refractivity contribution in [1.29, 1.82) is 0 Å². The highest BCUT2D eigenvalue weighted by atomic mass is 79.9. The van der Waals surface area contributed by atoms with Crippen LogP contribution in [0.2, 0.25) is 0 Å². The Morgan fingerprint density at radius 2 is 2.19 bits per heavy atom. The number of nitrogens with one attached hydrogen (secondary N) is 1. The molecule has 2 aromatic rings. The van der Waals surface area contributed by atoms with Gasteiger partial charge in [0.1, 0.15) is 0 Å². The summed E-state index contributed by atoms with van der Waals surface area (Å²) in [5.41, 5.74) is 3.61. The van der Waals surface area contributed by atoms with E-state index in [2.05, 4.69) is 39.2 Å². The summed E-state index contributed by atoms with van der Waals surface area (Å²) in [6.45, 7) is 4.30. The van der Waals surface area contributed by atoms with Crippen LogP contribution in [0.25, 0.3) is 11.4 Å². The maximum atomic E-state index is 4.80. The van der Waals surface area contributed by atoms with Crippen molar-refractivity contribution in [3.8, 4) is 11.4 Å². The van der Waals surface area contributed by atoms with E-state index in [4.69, 9.17) is 4.98 Å². The lowest BCUT2D eigenvalue weighted by Crippen LogP contribution is -2.27. The largest absolute Gasteiger partial charge is 0.317 e. The first kappa shape index (κ1) is 14.7. The van der Waals surface area contributed by atoms with E-state index in [1.54, 1.807) is 0 Å². The third-order valence-electron chi connectivity index (χ3n) is 4.05. The van der Waals surface area contributed by atoms with Crippen molar-refractivity contribution in [3.63, 3.8) is 0 Å². The molecule has 0 aliphatic heterocycles. The van der Waals surface area contributed by atoms with E-state index in [1.807, 2.05) is 24.4 Å². The highest BCUT2D eigenvalue weighted by Crippen LogP contribution is 2.28. The summed E-state index contributed by atoms with van der Waals surface area (Å²) in [5, 5.41) is 3.45. The number of halogens is 1. The third-order valence-corrected chi connectivity index (χ3v) is 4.74. The maximum absolute atomic E-state index is 4.80. The number of hydrogen-bond donors (Lipinski definition) is 1. The molecular formula is C17H20BrN3. The van der Waals surface area contributed by atoms with Gasteiger partial charge in [0.2, 0.25) is 0 Å². The van der Waals surface area contributed by atoms with Crippen molar-refractivity contribution >= 4 is 15.9 Å². The minimum atomic E-state index is 0.718. The van der Waals surface area contributed by atoms with Crippen LogP contribution < -0.4 is 5.32 Å². The van der Waals surface area contributed by atoms with Crippen LogP contribution in [0.3, 0.4) is 0 Å². The van der Waals surface area contributed by atoms with Crippen molar-refractivity contribution in [2.45, 2.75) is 26.2 Å². The molecule has 1 N–H and O–H groups in total. The van der Waals surface area contributed by atoms with Gasteiger partial charge in [0.05, 0.1) is 0 Å². The Labute approximate surface area is 134 Å². The van der Waals surface area contributed by atoms with Gasteiger partial charge in [0.25, 0.3) is 0 Å². The molecule has 1 aliphatic carbocycles. The molecule has 0 amide bonds. The fraction of sp³-hybridized carbons (Fsp3) is 0.412. The van der Waals surface area contributed by atoms with Gasteiger partial charge in [-0.15, -0.1) is 0 Å². The number of nitrogens with zero attached hydrogens (tertiary/aromatic N) is 2. The second-order valence-electron chi connectivity index (χ2n) is 5.56. The molecule has 110 valence electrons. The summed E-state index contributed by atoms with van der Waals surface area (Å²) < 4.78 is 1.05. The van der Waals surface area contributed by atoms with Crippen LogP contribution in [0.5, 0.6) is 0 Å². The van der Waals surface area contributed by atoms with E-state index >= 15 is 0 Å². The third kappa shape index (κ3) is 3.33. The Bertz CT molecular complexity index is 627. The van der Waals surface area contributed by atoms with Crippen molar-refractivity contribution in [2.24, 2.45) is 5.92 Å². The average Bonchev–Trinajstić information content (AvgIpc) is 2.53. The van der Waals surface area contributed by atoms with E-state index in [0.29, 0.717) is 0 Å². The van der Waals surface area contributed by atoms with Crippen LogP contribution in [0, 0.1) is 5.92 Å². The normalized spacial score (nSPS) is 17.5. The van der Waals surface area contributed by atoms with Crippen molar-refractivity contribution in [1.82, 2.24) is 15.3 Å². The molecule has 1 aromatic carbocycles. The van der Waals surface area contributed by atoms with Crippen LogP contribution in [-0.4, -0.2) is 23.1 Å². The Hall–Kier alpha value is -1.26. The average molecular weight is 346 g/mol. The quantitative estimate of drug-likeness (QED) is 0.919. The number of benzene rings is 1. The van der Waals surface area contributed by atoms with Gasteiger partial charge in [-0.05, 0) is 49.9 Å². The number of fused-ring (bicyclic) bond motifs is 1. The minimum Gasteiger partial charge on any atom is -0.317 e. The van der Waals surface area contributed by atoms with Gasteiger partial charge in [-0.25, -0.2) is 9.97 Å². The zero-order valence-electron chi connectivity index (χ0n) is 12.3. The zero-order chi connectivity index (χ0) is 14.7. The predicted octanol–water partition coefficient (Wildman–Crippen LogP) is 3.62. The molecule has 1 atom stereocenters. The van der Waals surface area contributed by atoms with Gasteiger partial charge in [-0.1, -0.05) is 41.1 Å². The molecule has 1 aromatic heterocycles. The molecule has 3 nitrogen and oxygen atoms in total. The number of aromatic nitrogens is 2. The molecule has 4 heteroatoms. The molecular weight excluding hydrogens is 326 g/mol. The van der Waals surface area contributed by atoms with Crippen LogP contribution in [-0.2, 0) is 12.8 Å². The first-order valence-corrected chi connectivity index (χ1v) is 8.37. The molecule has 0 radical (unpaired) electrons. The summed E-state index contributed by atoms with van der Waals surface area (Å²) in [6.07, 6.45) is 5.39. The molecule has 1 heterocycles. The fourth-order valence-corrected chi connectivity index (χ4v) is 3.34. The number of hydrogen-bond acceptors (Lipinski definition) is 3. The lowest BCUT2D eigenvalue weighted by molar-refractivity contribution is 0.425. The zero-order valence-corrected chi connectivity index (χ0v) is 13.9. The first-order valence-electron chi connectivity index (χ1n) is 7.58. The lowest BCUT2D eigenvalue weighted by Gasteiger charge is -2.24. The topological polar surface area (TPSA) is 37.8 Å². The van der Waals surface area contributed by atoms with Gasteiger partial charge in [0.15, 0.2) is 5.82 Å². The molecule has 1 aliphatic rings. The molecule has 0 bridgehead atoms. The molecule has 0 saturated carbocycles. The van der Waals surface area contributed by atoms with E-state index in [1.165, 1.54) is 17.7 Å². The Kier molecular flexibility index (Phi) is 4.66. The standard InChI is InChI=1S/C17H20BrN3/c1-2-19-10-12-7-8-16-13(9-12)11-20-17(21-16)14-5-3-4-6-15(14)18/h3-6,11-12,19H,2,7-10H2,1H3. The minimum absolute atomic E-state index is 0.718. The van der Waals surface area contributed by atoms with Crippen molar-refractivity contribution in [2.75, 3.05) is 13.1 Å². The summed E-state index contributed by atoms with van der Waals surface area (Å²) >= 11 is 3.58. The molecule has 3 rings (SSSR count). The highest BCUT2D eigenvalue weighted by Gasteiger charge is 2.20. The van der Waals surface area contributed by atoms with Crippen LogP contribution in [0.4, 0.5) is 0 Å². The van der Waals surface area contributed by atoms with E-state index < -0.39 is 0 Å². The second kappa shape index (κ2) is 6.67. The Morgan fingerprint density at radius 1 is 1.33 bits per heavy atom. The first-order chi connectivity index (χ1) is 10.3. The lowest BCUT2D eigenvalue weighted by atomic mass is 9.87. The monoisotopic (exact) mass is 345 g/mol. The highest BCUT2D eigenvalue weighted by molar-refractivity contribution is 9.10. The van der Waals surface area contributed by atoms with Gasteiger partial charge in [-0.3, -0.25) is 0 Å². The predicted molar refractivity (Wildman–Crippen MR) is 89.2 cm³/mol. The summed E-state index contributed by atoms with van der Waals surface area (Å²) in [6, 6.07) is 8.12. The molecule has 21 heavy (non-hydrogen) atoms. The molecule has 0 saturated heterocycles. The van der Waals surface area contributed by atoms with Gasteiger partial charge in [-0.2, -0.15) is 0 Å². The smallest absolute Gasteiger partial charge is 0.160 e. The number of aryl methyl sites for hydroxylation is 1. The van der Waals surface area contributed by atoms with Crippen LogP contribution in [0.15, 0.2) is 34.9 Å². The van der Waals surface area contributed by atoms with E-state index in [9.17, 15) is 0 Å². The summed E-state index contributed by atoms with van der Waals surface area (Å²) in [4.78, 5) is 9.37. The summed E-state index contributed by atoms with van der Waals surface area (Å²) in [7, 11) is 0. The van der Waals surface area contributed by atoms with Gasteiger partial charge < -0.3 is 5.32 Å².